The predicted molar refractivity (Wildman–Crippen MR) is 194 cm³/mol. The summed E-state index contributed by atoms with van der Waals surface area (Å²) in [4.78, 5) is 2.43. The second-order valence-electron chi connectivity index (χ2n) is 12.2. The molecule has 0 saturated heterocycles. The van der Waals surface area contributed by atoms with Gasteiger partial charge in [-0.3, -0.25) is 0 Å². The largest absolute Gasteiger partial charge is 0.310 e. The molecule has 0 aliphatic carbocycles. The summed E-state index contributed by atoms with van der Waals surface area (Å²) in [5, 5.41) is 15.6. The lowest BCUT2D eigenvalue weighted by molar-refractivity contribution is 1.30. The fourth-order valence-corrected chi connectivity index (χ4v) is 7.61. The quantitative estimate of drug-likeness (QED) is 0.191. The van der Waals surface area contributed by atoms with E-state index in [9.17, 15) is 0 Å². The molecule has 0 fully saturated rings. The third kappa shape index (κ3) is 3.68. The Morgan fingerprint density at radius 1 is 0.244 bits per heavy atom. The van der Waals surface area contributed by atoms with Crippen LogP contribution in [0.25, 0.3) is 75.8 Å². The van der Waals surface area contributed by atoms with Crippen molar-refractivity contribution in [2.45, 2.75) is 0 Å². The zero-order valence-electron chi connectivity index (χ0n) is 24.5. The first-order chi connectivity index (χ1) is 22.3. The van der Waals surface area contributed by atoms with Crippen LogP contribution in [0.3, 0.4) is 0 Å². The molecule has 10 aromatic carbocycles. The van der Waals surface area contributed by atoms with E-state index in [0.29, 0.717) is 0 Å². The van der Waals surface area contributed by atoms with Gasteiger partial charge in [-0.2, -0.15) is 0 Å². The number of benzene rings is 10. The molecule has 10 rings (SSSR count). The minimum absolute atomic E-state index is 1.13. The van der Waals surface area contributed by atoms with Crippen molar-refractivity contribution in [2.24, 2.45) is 0 Å². The predicted octanol–water partition coefficient (Wildman–Crippen LogP) is 12.6. The van der Waals surface area contributed by atoms with Crippen LogP contribution < -0.4 is 4.90 Å². The lowest BCUT2D eigenvalue weighted by atomic mass is 9.92. The Morgan fingerprint density at radius 3 is 1.02 bits per heavy atom. The molecule has 208 valence electrons. The van der Waals surface area contributed by atoms with Crippen molar-refractivity contribution >= 4 is 81.7 Å². The van der Waals surface area contributed by atoms with Crippen molar-refractivity contribution < 1.29 is 0 Å². The van der Waals surface area contributed by atoms with Gasteiger partial charge in [-0.1, -0.05) is 127 Å². The lowest BCUT2D eigenvalue weighted by Gasteiger charge is -2.28. The van der Waals surface area contributed by atoms with Crippen LogP contribution >= 0.6 is 0 Å². The van der Waals surface area contributed by atoms with Gasteiger partial charge in [0.05, 0.1) is 0 Å². The number of hydrogen-bond donors (Lipinski definition) is 0. The standard InChI is InChI=1S/C44H27N/c1-2-6-28(7-3-1)29-20-22-38(23-21-29)45(39-24-34-16-12-30-8-4-9-31-13-17-35(25-39)43(34)41(30)31)40-26-36-18-14-32-10-5-11-33-15-19-37(27-40)44(36)42(32)33/h1-27H. The minimum Gasteiger partial charge on any atom is -0.310 e. The summed E-state index contributed by atoms with van der Waals surface area (Å²) >= 11 is 0. The van der Waals surface area contributed by atoms with Crippen molar-refractivity contribution in [1.29, 1.82) is 0 Å². The number of anilines is 3. The van der Waals surface area contributed by atoms with Crippen LogP contribution in [0.1, 0.15) is 0 Å². The third-order valence-electron chi connectivity index (χ3n) is 9.64. The van der Waals surface area contributed by atoms with Gasteiger partial charge in [0.2, 0.25) is 0 Å². The van der Waals surface area contributed by atoms with Gasteiger partial charge in [0.25, 0.3) is 0 Å². The van der Waals surface area contributed by atoms with Crippen molar-refractivity contribution in [3.05, 3.63) is 164 Å². The van der Waals surface area contributed by atoms with E-state index in [1.54, 1.807) is 0 Å². The van der Waals surface area contributed by atoms with Gasteiger partial charge in [0, 0.05) is 17.1 Å². The normalized spacial score (nSPS) is 12.0. The van der Waals surface area contributed by atoms with E-state index in [4.69, 9.17) is 0 Å². The Bertz CT molecular complexity index is 2410. The van der Waals surface area contributed by atoms with Crippen LogP contribution in [-0.4, -0.2) is 0 Å². The Kier molecular flexibility index (Phi) is 5.06. The molecule has 0 N–H and O–H groups in total. The third-order valence-corrected chi connectivity index (χ3v) is 9.64. The average molecular weight is 570 g/mol. The van der Waals surface area contributed by atoms with Gasteiger partial charge >= 0.3 is 0 Å². The highest BCUT2D eigenvalue weighted by molar-refractivity contribution is 6.25. The molecular weight excluding hydrogens is 542 g/mol. The zero-order valence-corrected chi connectivity index (χ0v) is 24.5. The highest BCUT2D eigenvalue weighted by Crippen LogP contribution is 2.44. The Morgan fingerprint density at radius 2 is 0.600 bits per heavy atom. The van der Waals surface area contributed by atoms with Crippen LogP contribution in [0.15, 0.2) is 164 Å². The molecule has 0 radical (unpaired) electrons. The van der Waals surface area contributed by atoms with Crippen LogP contribution in [0.4, 0.5) is 17.1 Å². The summed E-state index contributed by atoms with van der Waals surface area (Å²) in [6, 6.07) is 60.5. The molecule has 0 heterocycles. The van der Waals surface area contributed by atoms with Crippen molar-refractivity contribution in [3.8, 4) is 11.1 Å². The van der Waals surface area contributed by atoms with E-state index >= 15 is 0 Å². The van der Waals surface area contributed by atoms with E-state index in [2.05, 4.69) is 169 Å². The maximum Gasteiger partial charge on any atom is 0.0473 e. The lowest BCUT2D eigenvalue weighted by Crippen LogP contribution is -2.10. The molecule has 0 bridgehead atoms. The topological polar surface area (TPSA) is 3.24 Å². The molecule has 0 aliphatic heterocycles. The second-order valence-corrected chi connectivity index (χ2v) is 12.2. The molecule has 10 aromatic rings. The van der Waals surface area contributed by atoms with Crippen LogP contribution in [-0.2, 0) is 0 Å². The van der Waals surface area contributed by atoms with Gasteiger partial charge in [-0.25, -0.2) is 0 Å². The van der Waals surface area contributed by atoms with Crippen molar-refractivity contribution in [2.75, 3.05) is 4.90 Å². The first-order valence-corrected chi connectivity index (χ1v) is 15.6. The molecular formula is C44H27N. The Hall–Kier alpha value is -5.92. The SMILES string of the molecule is c1ccc(-c2ccc(N(c3cc4ccc5cccc6ccc(c3)c4c56)c3cc4ccc5cccc6ccc(c3)c4c56)cc2)cc1. The Balaban J connectivity index is 1.23. The highest BCUT2D eigenvalue weighted by atomic mass is 15.1. The smallest absolute Gasteiger partial charge is 0.0473 e. The highest BCUT2D eigenvalue weighted by Gasteiger charge is 2.18. The summed E-state index contributed by atoms with van der Waals surface area (Å²) in [5.41, 5.74) is 5.88. The molecule has 0 aliphatic rings. The summed E-state index contributed by atoms with van der Waals surface area (Å²) in [6.07, 6.45) is 0. The van der Waals surface area contributed by atoms with Gasteiger partial charge in [-0.05, 0) is 112 Å². The molecule has 0 amide bonds. The molecule has 1 nitrogen and oxygen atoms in total. The minimum atomic E-state index is 1.13. The fourth-order valence-electron chi connectivity index (χ4n) is 7.61. The van der Waals surface area contributed by atoms with Gasteiger partial charge in [0.1, 0.15) is 0 Å². The fraction of sp³-hybridized carbons (Fsp3) is 0. The zero-order chi connectivity index (χ0) is 29.5. The molecule has 0 atom stereocenters. The maximum atomic E-state index is 2.43. The first kappa shape index (κ1) is 24.5. The van der Waals surface area contributed by atoms with Gasteiger partial charge in [0.15, 0.2) is 0 Å². The number of rotatable bonds is 4. The van der Waals surface area contributed by atoms with Crippen LogP contribution in [0.2, 0.25) is 0 Å². The Labute approximate surface area is 260 Å². The number of nitrogens with zero attached hydrogens (tertiary/aromatic N) is 1. The van der Waals surface area contributed by atoms with Gasteiger partial charge < -0.3 is 4.90 Å². The van der Waals surface area contributed by atoms with Crippen LogP contribution in [0, 0.1) is 0 Å². The molecule has 45 heavy (non-hydrogen) atoms. The summed E-state index contributed by atoms with van der Waals surface area (Å²) in [7, 11) is 0. The summed E-state index contributed by atoms with van der Waals surface area (Å²) < 4.78 is 0. The van der Waals surface area contributed by atoms with E-state index in [1.807, 2.05) is 0 Å². The van der Waals surface area contributed by atoms with Gasteiger partial charge in [-0.15, -0.1) is 0 Å². The van der Waals surface area contributed by atoms with E-state index in [-0.39, 0.29) is 0 Å². The average Bonchev–Trinajstić information content (AvgIpc) is 3.10. The van der Waals surface area contributed by atoms with E-state index in [0.717, 1.165) is 17.1 Å². The van der Waals surface area contributed by atoms with E-state index < -0.39 is 0 Å². The second kappa shape index (κ2) is 9.29. The number of hydrogen-bond acceptors (Lipinski definition) is 1. The molecule has 1 heteroatoms. The van der Waals surface area contributed by atoms with E-state index in [1.165, 1.54) is 75.8 Å². The van der Waals surface area contributed by atoms with Crippen molar-refractivity contribution in [1.82, 2.24) is 0 Å². The first-order valence-electron chi connectivity index (χ1n) is 15.6. The molecule has 0 saturated carbocycles. The maximum absolute atomic E-state index is 2.43. The molecule has 0 unspecified atom stereocenters. The summed E-state index contributed by atoms with van der Waals surface area (Å²) in [5.74, 6) is 0. The van der Waals surface area contributed by atoms with Crippen LogP contribution in [0.5, 0.6) is 0 Å². The summed E-state index contributed by atoms with van der Waals surface area (Å²) in [6.45, 7) is 0. The molecule has 0 aromatic heterocycles. The monoisotopic (exact) mass is 569 g/mol. The van der Waals surface area contributed by atoms with Crippen molar-refractivity contribution in [3.63, 3.8) is 0 Å². The molecule has 0 spiro atoms.